The highest BCUT2D eigenvalue weighted by Gasteiger charge is 2.18. The van der Waals surface area contributed by atoms with Gasteiger partial charge in [-0.05, 0) is 102 Å². The van der Waals surface area contributed by atoms with Crippen molar-refractivity contribution in [3.8, 4) is 44.5 Å². The Morgan fingerprint density at radius 1 is 0.365 bits per heavy atom. The molecule has 0 radical (unpaired) electrons. The van der Waals surface area contributed by atoms with Crippen LogP contribution in [0.15, 0.2) is 191 Å². The lowest BCUT2D eigenvalue weighted by Crippen LogP contribution is -1.90. The van der Waals surface area contributed by atoms with E-state index >= 15 is 0 Å². The Bertz CT molecular complexity index is 3550. The fourth-order valence-corrected chi connectivity index (χ4v) is 7.69. The van der Waals surface area contributed by atoms with E-state index < -0.39 is 24.2 Å². The molecule has 0 fully saturated rings. The van der Waals surface area contributed by atoms with Crippen molar-refractivity contribution in [3.05, 3.63) is 182 Å². The first-order valence-electron chi connectivity index (χ1n) is 21.1. The molecule has 0 bridgehead atoms. The summed E-state index contributed by atoms with van der Waals surface area (Å²) in [6.07, 6.45) is 1.80. The quantitative estimate of drug-likeness (QED) is 0.174. The second-order valence-electron chi connectivity index (χ2n) is 13.1. The predicted octanol–water partition coefficient (Wildman–Crippen LogP) is 14.5. The number of benzene rings is 9. The maximum absolute atomic E-state index is 9.19. The predicted molar refractivity (Wildman–Crippen MR) is 218 cm³/mol. The number of fused-ring (bicyclic) bond motifs is 7. The van der Waals surface area contributed by atoms with Gasteiger partial charge in [-0.1, -0.05) is 145 Å². The summed E-state index contributed by atoms with van der Waals surface area (Å²) in [5.74, 6) is 0. The molecular formula is C50H30O2. The molecule has 0 saturated carbocycles. The van der Waals surface area contributed by atoms with Crippen LogP contribution in [0.3, 0.4) is 0 Å². The third-order valence-electron chi connectivity index (χ3n) is 10.2. The van der Waals surface area contributed by atoms with Gasteiger partial charge < -0.3 is 8.83 Å². The van der Waals surface area contributed by atoms with Gasteiger partial charge in [0.2, 0.25) is 0 Å². The van der Waals surface area contributed by atoms with Crippen molar-refractivity contribution in [2.75, 3.05) is 0 Å². The third-order valence-corrected chi connectivity index (χ3v) is 10.2. The Kier molecular flexibility index (Phi) is 4.79. The van der Waals surface area contributed by atoms with Crippen molar-refractivity contribution >= 4 is 65.2 Å². The first-order chi connectivity index (χ1) is 29.1. The summed E-state index contributed by atoms with van der Waals surface area (Å²) in [5, 5.41) is 5.90. The number of rotatable bonds is 4. The zero-order chi connectivity index (χ0) is 41.1. The van der Waals surface area contributed by atoms with Gasteiger partial charge in [-0.15, -0.1) is 0 Å². The van der Waals surface area contributed by atoms with Crippen LogP contribution in [0.25, 0.3) is 110 Å². The van der Waals surface area contributed by atoms with Crippen molar-refractivity contribution in [1.82, 2.24) is 0 Å². The maximum Gasteiger partial charge on any atom is 0.136 e. The lowest BCUT2D eigenvalue weighted by Gasteiger charge is -2.18. The molecule has 11 rings (SSSR count). The largest absolute Gasteiger partial charge is 0.464 e. The summed E-state index contributed by atoms with van der Waals surface area (Å²) >= 11 is 0. The topological polar surface area (TPSA) is 26.3 Å². The fraction of sp³-hybridized carbons (Fsp3) is 0. The lowest BCUT2D eigenvalue weighted by molar-refractivity contribution is 0.617. The van der Waals surface area contributed by atoms with E-state index in [0.29, 0.717) is 27.8 Å². The second kappa shape index (κ2) is 11.3. The minimum Gasteiger partial charge on any atom is -0.464 e. The van der Waals surface area contributed by atoms with Gasteiger partial charge in [-0.25, -0.2) is 0 Å². The third kappa shape index (κ3) is 4.44. The Balaban J connectivity index is 1.07. The molecule has 0 aliphatic rings. The molecule has 0 amide bonds. The van der Waals surface area contributed by atoms with E-state index in [1.807, 2.05) is 72.8 Å². The fourth-order valence-electron chi connectivity index (χ4n) is 7.69. The molecule has 2 nitrogen and oxygen atoms in total. The van der Waals surface area contributed by atoms with Gasteiger partial charge in [0.05, 0.1) is 17.2 Å². The zero-order valence-electron chi connectivity index (χ0n) is 35.5. The minimum absolute atomic E-state index is 0.184. The Morgan fingerprint density at radius 2 is 0.923 bits per heavy atom. The van der Waals surface area contributed by atoms with E-state index in [1.165, 1.54) is 5.39 Å². The van der Waals surface area contributed by atoms with Crippen molar-refractivity contribution in [2.24, 2.45) is 0 Å². The van der Waals surface area contributed by atoms with Crippen LogP contribution in [0, 0.1) is 0 Å². The van der Waals surface area contributed by atoms with Crippen molar-refractivity contribution < 1.29 is 19.8 Å². The molecule has 2 aromatic heterocycles. The SMILES string of the molecule is [2H]c1c([2H])c([2H])c2c(-c3ccc(-c4ccc5c(c4)oc4cc6c(-c7ccc8ccccc8c7)coc6cc45)cc3)c3c([2H])c([2H])c([2H])c([2H])c3c(-c3ccccc3)c2c1[2H]. The Hall–Kier alpha value is -6.90. The summed E-state index contributed by atoms with van der Waals surface area (Å²) in [6, 6.07) is 38.3. The molecule has 0 aliphatic heterocycles. The molecule has 52 heavy (non-hydrogen) atoms. The molecule has 242 valence electrons. The summed E-state index contributed by atoms with van der Waals surface area (Å²) in [6.45, 7) is 0. The van der Waals surface area contributed by atoms with Crippen LogP contribution in [0.5, 0.6) is 0 Å². The van der Waals surface area contributed by atoms with E-state index in [2.05, 4.69) is 30.3 Å². The number of hydrogen-bond acceptors (Lipinski definition) is 2. The van der Waals surface area contributed by atoms with E-state index in [1.54, 1.807) is 30.5 Å². The Labute approximate surface area is 311 Å². The average molecular weight is 671 g/mol. The smallest absolute Gasteiger partial charge is 0.136 e. The van der Waals surface area contributed by atoms with Crippen LogP contribution in [0.4, 0.5) is 0 Å². The van der Waals surface area contributed by atoms with Gasteiger partial charge in [0.25, 0.3) is 0 Å². The van der Waals surface area contributed by atoms with Crippen molar-refractivity contribution in [1.29, 1.82) is 0 Å². The van der Waals surface area contributed by atoms with Gasteiger partial charge in [0.1, 0.15) is 16.7 Å². The highest BCUT2D eigenvalue weighted by Crippen LogP contribution is 2.44. The number of hydrogen-bond donors (Lipinski definition) is 0. The maximum atomic E-state index is 9.19. The zero-order valence-corrected chi connectivity index (χ0v) is 27.5. The van der Waals surface area contributed by atoms with Crippen LogP contribution < -0.4 is 0 Å². The van der Waals surface area contributed by atoms with Crippen molar-refractivity contribution in [3.63, 3.8) is 0 Å². The number of furan rings is 2. The van der Waals surface area contributed by atoms with Crippen LogP contribution in [-0.4, -0.2) is 0 Å². The summed E-state index contributed by atoms with van der Waals surface area (Å²) in [7, 11) is 0. The summed E-state index contributed by atoms with van der Waals surface area (Å²) < 4.78 is 83.9. The molecule has 0 atom stereocenters. The molecule has 0 saturated heterocycles. The highest BCUT2D eigenvalue weighted by molar-refractivity contribution is 6.21. The molecule has 0 aliphatic carbocycles. The molecule has 2 heteroatoms. The standard InChI is InChI=1S/C50H30O2/c1-2-11-33(12-3-1)49-39-14-6-8-16-41(39)50(42-17-9-7-15-40(42)49)34-21-18-32(19-22-34)36-24-25-38-43-28-46-44(29-48(43)52-47(38)27-36)45(30-51-46)37-23-20-31-10-4-5-13-35(31)26-37/h1-30H/i6D,7D,8D,9D,14D,15D,16D,17D. The normalized spacial score (nSPS) is 14.0. The van der Waals surface area contributed by atoms with Crippen LogP contribution in [0.2, 0.25) is 0 Å². The first-order valence-corrected chi connectivity index (χ1v) is 17.1. The van der Waals surface area contributed by atoms with Crippen LogP contribution in [0.1, 0.15) is 11.0 Å². The highest BCUT2D eigenvalue weighted by atomic mass is 16.3. The molecule has 0 spiro atoms. The second-order valence-corrected chi connectivity index (χ2v) is 13.1. The summed E-state index contributed by atoms with van der Waals surface area (Å²) in [4.78, 5) is 0. The monoisotopic (exact) mass is 670 g/mol. The van der Waals surface area contributed by atoms with Gasteiger partial charge >= 0.3 is 0 Å². The van der Waals surface area contributed by atoms with E-state index in [-0.39, 0.29) is 45.7 Å². The molecule has 0 unspecified atom stereocenters. The lowest BCUT2D eigenvalue weighted by atomic mass is 9.86. The van der Waals surface area contributed by atoms with E-state index in [9.17, 15) is 2.74 Å². The molecule has 2 heterocycles. The summed E-state index contributed by atoms with van der Waals surface area (Å²) in [5.41, 5.74) is 7.73. The van der Waals surface area contributed by atoms with Gasteiger partial charge in [-0.3, -0.25) is 0 Å². The molecule has 0 N–H and O–H groups in total. The van der Waals surface area contributed by atoms with Crippen LogP contribution >= 0.6 is 0 Å². The van der Waals surface area contributed by atoms with E-state index in [4.69, 9.17) is 17.1 Å². The minimum atomic E-state index is -0.429. The molecule has 9 aromatic carbocycles. The van der Waals surface area contributed by atoms with Gasteiger partial charge in [-0.2, -0.15) is 0 Å². The molecule has 11 aromatic rings. The molecular weight excluding hydrogens is 633 g/mol. The van der Waals surface area contributed by atoms with Crippen LogP contribution in [-0.2, 0) is 0 Å². The Morgan fingerprint density at radius 3 is 1.63 bits per heavy atom. The van der Waals surface area contributed by atoms with E-state index in [0.717, 1.165) is 55.0 Å². The first kappa shape index (κ1) is 22.0. The van der Waals surface area contributed by atoms with Crippen molar-refractivity contribution in [2.45, 2.75) is 0 Å². The van der Waals surface area contributed by atoms with Gasteiger partial charge in [0, 0.05) is 21.7 Å². The average Bonchev–Trinajstić information content (AvgIpc) is 3.87. The van der Waals surface area contributed by atoms with Gasteiger partial charge in [0.15, 0.2) is 0 Å².